The third-order valence-corrected chi connectivity index (χ3v) is 12.3. The van der Waals surface area contributed by atoms with Gasteiger partial charge in [0.05, 0.1) is 31.2 Å². The molecule has 0 aromatic carbocycles. The molecule has 3 rings (SSSR count). The van der Waals surface area contributed by atoms with Crippen LogP contribution < -0.4 is 0 Å². The molecule has 0 aliphatic carbocycles. The Morgan fingerprint density at radius 2 is 0.735 bits per heavy atom. The van der Waals surface area contributed by atoms with Crippen LogP contribution in [0.15, 0.2) is 0 Å². The predicted molar refractivity (Wildman–Crippen MR) is 178 cm³/mol. The van der Waals surface area contributed by atoms with Crippen molar-refractivity contribution in [3.05, 3.63) is 0 Å². The molecule has 3 unspecified atom stereocenters. The maximum absolute atomic E-state index is 10.3. The fourth-order valence-corrected chi connectivity index (χ4v) is 5.59. The number of carbonyl (C=O) groups is 3. The zero-order valence-electron chi connectivity index (χ0n) is 31.4. The Labute approximate surface area is 290 Å². The number of aliphatic hydroxyl groups excluding tert-OH is 3. The fraction of sp³-hybridized carbons (Fsp3) is 0.909. The van der Waals surface area contributed by atoms with Crippen LogP contribution in [-0.2, 0) is 14.4 Å². The molecule has 49 heavy (non-hydrogen) atoms. The monoisotopic (exact) mass is 711 g/mol. The number of carboxylic acid groups (broad SMARTS) is 3. The van der Waals surface area contributed by atoms with Gasteiger partial charge in [-0.2, -0.15) is 15.2 Å². The molecule has 0 bridgehead atoms. The summed E-state index contributed by atoms with van der Waals surface area (Å²) >= 11 is 0. The van der Waals surface area contributed by atoms with E-state index in [0.717, 1.165) is 0 Å². The average molecular weight is 712 g/mol. The van der Waals surface area contributed by atoms with E-state index in [4.69, 9.17) is 20.4 Å². The third kappa shape index (κ3) is 10.5. The van der Waals surface area contributed by atoms with Crippen LogP contribution >= 0.6 is 0 Å². The number of hydroxylamine groups is 6. The first-order chi connectivity index (χ1) is 21.7. The van der Waals surface area contributed by atoms with E-state index in [1.165, 1.54) is 15.2 Å². The van der Waals surface area contributed by atoms with Crippen molar-refractivity contribution in [1.29, 1.82) is 0 Å². The predicted octanol–water partition coefficient (Wildman–Crippen LogP) is 2.49. The SMILES string of the molecule is CC1(C)C(O)CCN(O)C1(C)C.CC1(C)C(O)CCN(O)C1(C)C.CC1(C)C(O)CCN(O)C1(C)C.O=C(O)CC(O)(CC(=O)O)C(=O)O. The highest BCUT2D eigenvalue weighted by molar-refractivity contribution is 5.88. The zero-order chi connectivity index (χ0) is 39.4. The first kappa shape index (κ1) is 47.0. The third-order valence-electron chi connectivity index (χ3n) is 12.3. The van der Waals surface area contributed by atoms with Gasteiger partial charge in [-0.15, -0.1) is 0 Å². The molecule has 290 valence electrons. The minimum absolute atomic E-state index is 0.264. The Balaban J connectivity index is 0.000000627. The molecule has 3 aliphatic rings. The highest BCUT2D eigenvalue weighted by atomic mass is 16.5. The molecule has 16 nitrogen and oxygen atoms in total. The first-order valence-corrected chi connectivity index (χ1v) is 16.5. The van der Waals surface area contributed by atoms with Gasteiger partial charge in [-0.25, -0.2) is 4.79 Å². The van der Waals surface area contributed by atoms with Crippen LogP contribution in [0, 0.1) is 16.2 Å². The highest BCUT2D eigenvalue weighted by Gasteiger charge is 2.51. The topological polar surface area (TPSA) is 263 Å². The average Bonchev–Trinajstić information content (AvgIpc) is 2.94. The molecule has 10 N–H and O–H groups in total. The number of aliphatic hydroxyl groups is 4. The maximum Gasteiger partial charge on any atom is 0.336 e. The summed E-state index contributed by atoms with van der Waals surface area (Å²) in [7, 11) is 0. The molecule has 0 aromatic rings. The molecular weight excluding hydrogens is 646 g/mol. The molecule has 3 atom stereocenters. The number of piperidine rings is 3. The summed E-state index contributed by atoms with van der Waals surface area (Å²) in [4.78, 5) is 30.5. The van der Waals surface area contributed by atoms with E-state index < -0.39 is 36.4 Å². The molecule has 3 saturated heterocycles. The van der Waals surface area contributed by atoms with Crippen molar-refractivity contribution < 1.29 is 65.8 Å². The lowest BCUT2D eigenvalue weighted by Gasteiger charge is -2.52. The van der Waals surface area contributed by atoms with Gasteiger partial charge in [0.15, 0.2) is 5.60 Å². The lowest BCUT2D eigenvalue weighted by Crippen LogP contribution is -2.61. The van der Waals surface area contributed by atoms with E-state index in [1.807, 2.05) is 83.1 Å². The summed E-state index contributed by atoms with van der Waals surface area (Å²) in [6, 6.07) is 0. The van der Waals surface area contributed by atoms with Crippen molar-refractivity contribution >= 4 is 17.9 Å². The Hall–Kier alpha value is -1.99. The second-order valence-corrected chi connectivity index (χ2v) is 16.6. The van der Waals surface area contributed by atoms with Crippen molar-refractivity contribution in [2.24, 2.45) is 16.2 Å². The Morgan fingerprint density at radius 3 is 0.878 bits per heavy atom. The summed E-state index contributed by atoms with van der Waals surface area (Å²) in [6.07, 6.45) is -1.32. The van der Waals surface area contributed by atoms with Gasteiger partial charge < -0.3 is 51.4 Å². The minimum Gasteiger partial charge on any atom is -0.481 e. The summed E-state index contributed by atoms with van der Waals surface area (Å²) in [6.45, 7) is 25.3. The zero-order valence-corrected chi connectivity index (χ0v) is 31.4. The molecule has 0 spiro atoms. The van der Waals surface area contributed by atoms with E-state index >= 15 is 0 Å². The van der Waals surface area contributed by atoms with E-state index in [1.54, 1.807) is 0 Å². The molecule has 16 heteroatoms. The van der Waals surface area contributed by atoms with Gasteiger partial charge >= 0.3 is 17.9 Å². The molecule has 3 heterocycles. The van der Waals surface area contributed by atoms with Crippen molar-refractivity contribution in [1.82, 2.24) is 15.2 Å². The Kier molecular flexibility index (Phi) is 15.9. The molecular formula is C33H65N3O13. The van der Waals surface area contributed by atoms with Gasteiger partial charge in [-0.1, -0.05) is 41.5 Å². The second kappa shape index (κ2) is 16.6. The highest BCUT2D eigenvalue weighted by Crippen LogP contribution is 2.44. The van der Waals surface area contributed by atoms with Crippen LogP contribution in [-0.4, -0.2) is 145 Å². The molecule has 3 fully saturated rings. The van der Waals surface area contributed by atoms with Crippen LogP contribution in [0.2, 0.25) is 0 Å². The number of hydrogen-bond donors (Lipinski definition) is 10. The molecule has 0 saturated carbocycles. The van der Waals surface area contributed by atoms with Crippen LogP contribution in [0.25, 0.3) is 0 Å². The van der Waals surface area contributed by atoms with Gasteiger partial charge in [-0.3, -0.25) is 9.59 Å². The first-order valence-electron chi connectivity index (χ1n) is 16.5. The quantitative estimate of drug-likeness (QED) is 0.196. The Morgan fingerprint density at radius 1 is 0.531 bits per heavy atom. The smallest absolute Gasteiger partial charge is 0.336 e. The maximum atomic E-state index is 10.3. The largest absolute Gasteiger partial charge is 0.481 e. The van der Waals surface area contributed by atoms with E-state index in [9.17, 15) is 45.3 Å². The summed E-state index contributed by atoms with van der Waals surface area (Å²) < 4.78 is 0. The van der Waals surface area contributed by atoms with Crippen LogP contribution in [0.1, 0.15) is 115 Å². The standard InChI is InChI=1S/3C9H19NO2.C6H8O7/c3*1-8(2)7(11)5-6-10(12)9(8,3)4;7-3(8)1-6(13,5(11)12)2-4(9)10/h3*7,11-12H,5-6H2,1-4H3;13H,1-2H2,(H,7,8)(H,9,10)(H,11,12). The fourth-order valence-electron chi connectivity index (χ4n) is 5.59. The van der Waals surface area contributed by atoms with E-state index in [0.29, 0.717) is 38.9 Å². The lowest BCUT2D eigenvalue weighted by atomic mass is 9.67. The molecule has 0 aromatic heterocycles. The number of aliphatic carboxylic acids is 3. The molecule has 0 radical (unpaired) electrons. The van der Waals surface area contributed by atoms with Crippen LogP contribution in [0.5, 0.6) is 0 Å². The molecule has 0 amide bonds. The number of nitrogens with zero attached hydrogens (tertiary/aromatic N) is 3. The van der Waals surface area contributed by atoms with E-state index in [-0.39, 0.29) is 51.2 Å². The van der Waals surface area contributed by atoms with Crippen molar-refractivity contribution in [2.75, 3.05) is 19.6 Å². The van der Waals surface area contributed by atoms with Crippen molar-refractivity contribution in [2.45, 2.75) is 156 Å². The molecule has 3 aliphatic heterocycles. The van der Waals surface area contributed by atoms with Crippen molar-refractivity contribution in [3.63, 3.8) is 0 Å². The van der Waals surface area contributed by atoms with E-state index in [2.05, 4.69) is 0 Å². The normalized spacial score (nSPS) is 28.6. The van der Waals surface area contributed by atoms with Gasteiger partial charge in [0, 0.05) is 52.5 Å². The van der Waals surface area contributed by atoms with Crippen molar-refractivity contribution in [3.8, 4) is 0 Å². The van der Waals surface area contributed by atoms with Gasteiger partial charge in [0.1, 0.15) is 0 Å². The minimum atomic E-state index is -2.74. The van der Waals surface area contributed by atoms with Gasteiger partial charge in [0.25, 0.3) is 0 Å². The number of rotatable bonds is 5. The van der Waals surface area contributed by atoms with Gasteiger partial charge in [0.2, 0.25) is 0 Å². The van der Waals surface area contributed by atoms with Crippen LogP contribution in [0.3, 0.4) is 0 Å². The number of hydrogen-bond acceptors (Lipinski definition) is 13. The van der Waals surface area contributed by atoms with Gasteiger partial charge in [-0.05, 0) is 60.8 Å². The summed E-state index contributed by atoms with van der Waals surface area (Å²) in [5.74, 6) is -5.02. The number of carboxylic acids is 3. The second-order valence-electron chi connectivity index (χ2n) is 16.6. The summed E-state index contributed by atoms with van der Waals surface area (Å²) in [5, 5.41) is 95.9. The summed E-state index contributed by atoms with van der Waals surface area (Å²) in [5.41, 5.74) is -4.60. The Bertz CT molecular complexity index is 952. The lowest BCUT2D eigenvalue weighted by molar-refractivity contribution is -0.245. The van der Waals surface area contributed by atoms with Crippen LogP contribution in [0.4, 0.5) is 0 Å².